The number of hydrogen-bond donors (Lipinski definition) is 1. The summed E-state index contributed by atoms with van der Waals surface area (Å²) < 4.78 is 7.55. The Morgan fingerprint density at radius 3 is 2.96 bits per heavy atom. The molecule has 27 heavy (non-hydrogen) atoms. The molecular formula is C19H26N6O2. The fraction of sp³-hybridized carbons (Fsp3) is 0.526. The van der Waals surface area contributed by atoms with E-state index in [1.165, 1.54) is 0 Å². The van der Waals surface area contributed by atoms with Crippen molar-refractivity contribution in [3.63, 3.8) is 0 Å². The second kappa shape index (κ2) is 7.46. The number of ether oxygens (including phenoxy) is 1. The minimum absolute atomic E-state index is 0.0161. The van der Waals surface area contributed by atoms with Crippen LogP contribution < -0.4 is 15.0 Å². The van der Waals surface area contributed by atoms with Gasteiger partial charge in [0.05, 0.1) is 19.3 Å². The van der Waals surface area contributed by atoms with Crippen molar-refractivity contribution in [2.75, 3.05) is 38.2 Å². The highest BCUT2D eigenvalue weighted by Gasteiger charge is 2.27. The number of para-hydroxylation sites is 2. The maximum absolute atomic E-state index is 12.5. The fourth-order valence-corrected chi connectivity index (χ4v) is 3.93. The smallest absolute Gasteiger partial charge is 0.317 e. The van der Waals surface area contributed by atoms with E-state index in [2.05, 4.69) is 31.0 Å². The van der Waals surface area contributed by atoms with Crippen LogP contribution in [-0.4, -0.2) is 59.0 Å². The number of amides is 2. The molecule has 0 bridgehead atoms. The molecule has 0 radical (unpaired) electrons. The zero-order chi connectivity index (χ0) is 18.8. The van der Waals surface area contributed by atoms with Gasteiger partial charge in [0, 0.05) is 32.7 Å². The molecule has 1 unspecified atom stereocenters. The number of carbonyl (C=O) groups excluding carboxylic acids is 1. The number of aromatic nitrogens is 3. The lowest BCUT2D eigenvalue weighted by Crippen LogP contribution is -2.45. The van der Waals surface area contributed by atoms with Crippen molar-refractivity contribution >= 4 is 11.7 Å². The van der Waals surface area contributed by atoms with Gasteiger partial charge in [-0.25, -0.2) is 4.79 Å². The molecule has 1 aromatic carbocycles. The number of hydrogen-bond acceptors (Lipinski definition) is 5. The van der Waals surface area contributed by atoms with Gasteiger partial charge in [-0.3, -0.25) is 0 Å². The number of nitrogens with one attached hydrogen (secondary N) is 1. The highest BCUT2D eigenvalue weighted by molar-refractivity contribution is 5.74. The molecule has 8 nitrogen and oxygen atoms in total. The third-order valence-corrected chi connectivity index (χ3v) is 5.48. The van der Waals surface area contributed by atoms with Crippen molar-refractivity contribution < 1.29 is 9.53 Å². The lowest BCUT2D eigenvalue weighted by atomic mass is 10.1. The standard InChI is InChI=1S/C19H26N6O2/c1-14-21-22-18-13-24(9-10-25(14)18)19(26)20-11-15-7-8-23(12-15)16-5-3-4-6-17(16)27-2/h3-6,15H,7-13H2,1-2H3,(H,20,26). The van der Waals surface area contributed by atoms with E-state index in [1.54, 1.807) is 7.11 Å². The molecule has 8 heteroatoms. The molecular weight excluding hydrogens is 344 g/mol. The van der Waals surface area contributed by atoms with Gasteiger partial charge < -0.3 is 24.4 Å². The quantitative estimate of drug-likeness (QED) is 0.886. The van der Waals surface area contributed by atoms with Crippen molar-refractivity contribution in [2.24, 2.45) is 5.92 Å². The summed E-state index contributed by atoms with van der Waals surface area (Å²) in [5.41, 5.74) is 1.12. The van der Waals surface area contributed by atoms with Crippen LogP contribution in [0.15, 0.2) is 24.3 Å². The summed E-state index contributed by atoms with van der Waals surface area (Å²) >= 11 is 0. The lowest BCUT2D eigenvalue weighted by molar-refractivity contribution is 0.180. The Labute approximate surface area is 159 Å². The minimum atomic E-state index is -0.0161. The molecule has 144 valence electrons. The SMILES string of the molecule is COc1ccccc1N1CCC(CNC(=O)N2CCn3c(C)nnc3C2)C1. The fourth-order valence-electron chi connectivity index (χ4n) is 3.93. The summed E-state index contributed by atoms with van der Waals surface area (Å²) in [5, 5.41) is 11.4. The maximum atomic E-state index is 12.5. The van der Waals surface area contributed by atoms with Gasteiger partial charge in [-0.15, -0.1) is 10.2 Å². The topological polar surface area (TPSA) is 75.5 Å². The Bertz CT molecular complexity index is 820. The molecule has 1 aromatic heterocycles. The zero-order valence-electron chi connectivity index (χ0n) is 15.9. The zero-order valence-corrected chi connectivity index (χ0v) is 15.9. The van der Waals surface area contributed by atoms with E-state index >= 15 is 0 Å². The number of fused-ring (bicyclic) bond motifs is 1. The van der Waals surface area contributed by atoms with Crippen LogP contribution >= 0.6 is 0 Å². The average molecular weight is 370 g/mol. The highest BCUT2D eigenvalue weighted by atomic mass is 16.5. The number of aryl methyl sites for hydroxylation is 1. The van der Waals surface area contributed by atoms with E-state index in [-0.39, 0.29) is 6.03 Å². The van der Waals surface area contributed by atoms with E-state index in [0.29, 0.717) is 25.6 Å². The molecule has 0 saturated carbocycles. The highest BCUT2D eigenvalue weighted by Crippen LogP contribution is 2.31. The van der Waals surface area contributed by atoms with E-state index in [0.717, 1.165) is 49.1 Å². The lowest BCUT2D eigenvalue weighted by Gasteiger charge is -2.28. The molecule has 3 heterocycles. The Morgan fingerprint density at radius 1 is 1.26 bits per heavy atom. The van der Waals surface area contributed by atoms with Crippen LogP contribution in [0.4, 0.5) is 10.5 Å². The molecule has 1 atom stereocenters. The van der Waals surface area contributed by atoms with E-state index in [9.17, 15) is 4.79 Å². The second-order valence-corrected chi connectivity index (χ2v) is 7.20. The van der Waals surface area contributed by atoms with Gasteiger partial charge in [-0.2, -0.15) is 0 Å². The summed E-state index contributed by atoms with van der Waals surface area (Å²) in [5.74, 6) is 3.11. The van der Waals surface area contributed by atoms with Crippen LogP contribution in [0.2, 0.25) is 0 Å². The molecule has 2 aliphatic rings. The summed E-state index contributed by atoms with van der Waals surface area (Å²) in [6, 6.07) is 8.07. The van der Waals surface area contributed by atoms with Gasteiger partial charge >= 0.3 is 6.03 Å². The van der Waals surface area contributed by atoms with Gasteiger partial charge in [0.25, 0.3) is 0 Å². The predicted molar refractivity (Wildman–Crippen MR) is 102 cm³/mol. The van der Waals surface area contributed by atoms with Gasteiger partial charge in [-0.05, 0) is 31.4 Å². The number of methoxy groups -OCH3 is 1. The van der Waals surface area contributed by atoms with Crippen LogP contribution in [-0.2, 0) is 13.1 Å². The third-order valence-electron chi connectivity index (χ3n) is 5.48. The summed E-state index contributed by atoms with van der Waals surface area (Å²) in [4.78, 5) is 16.7. The van der Waals surface area contributed by atoms with Crippen LogP contribution in [0, 0.1) is 12.8 Å². The van der Waals surface area contributed by atoms with Crippen LogP contribution in [0.25, 0.3) is 0 Å². The molecule has 1 N–H and O–H groups in total. The largest absolute Gasteiger partial charge is 0.495 e. The molecule has 4 rings (SSSR count). The average Bonchev–Trinajstić information content (AvgIpc) is 3.32. The number of rotatable bonds is 4. The van der Waals surface area contributed by atoms with Crippen molar-refractivity contribution in [3.05, 3.63) is 35.9 Å². The first-order valence-electron chi connectivity index (χ1n) is 9.45. The van der Waals surface area contributed by atoms with Crippen LogP contribution in [0.5, 0.6) is 5.75 Å². The second-order valence-electron chi connectivity index (χ2n) is 7.20. The van der Waals surface area contributed by atoms with Crippen molar-refractivity contribution in [3.8, 4) is 5.75 Å². The first-order chi connectivity index (χ1) is 13.2. The third kappa shape index (κ3) is 3.56. The van der Waals surface area contributed by atoms with E-state index in [1.807, 2.05) is 30.0 Å². The van der Waals surface area contributed by atoms with Crippen molar-refractivity contribution in [2.45, 2.75) is 26.4 Å². The number of carbonyl (C=O) groups is 1. The first kappa shape index (κ1) is 17.6. The summed E-state index contributed by atoms with van der Waals surface area (Å²) in [6.45, 7) is 6.50. The molecule has 2 aromatic rings. The molecule has 1 saturated heterocycles. The van der Waals surface area contributed by atoms with Gasteiger partial charge in [0.2, 0.25) is 0 Å². The molecule has 0 spiro atoms. The van der Waals surface area contributed by atoms with Gasteiger partial charge in [0.1, 0.15) is 11.6 Å². The van der Waals surface area contributed by atoms with E-state index < -0.39 is 0 Å². The number of benzene rings is 1. The number of nitrogens with zero attached hydrogens (tertiary/aromatic N) is 5. The van der Waals surface area contributed by atoms with Crippen molar-refractivity contribution in [1.29, 1.82) is 0 Å². The number of urea groups is 1. The molecule has 0 aliphatic carbocycles. The van der Waals surface area contributed by atoms with Crippen LogP contribution in [0.1, 0.15) is 18.1 Å². The van der Waals surface area contributed by atoms with Gasteiger partial charge in [-0.1, -0.05) is 12.1 Å². The molecule has 2 aliphatic heterocycles. The first-order valence-corrected chi connectivity index (χ1v) is 9.45. The Balaban J connectivity index is 1.29. The molecule has 1 fully saturated rings. The number of anilines is 1. The predicted octanol–water partition coefficient (Wildman–Crippen LogP) is 1.65. The summed E-state index contributed by atoms with van der Waals surface area (Å²) in [7, 11) is 1.70. The minimum Gasteiger partial charge on any atom is -0.495 e. The Kier molecular flexibility index (Phi) is 4.87. The molecule has 2 amide bonds. The normalized spacial score (nSPS) is 19.1. The summed E-state index contributed by atoms with van der Waals surface area (Å²) in [6.07, 6.45) is 1.06. The Morgan fingerprint density at radius 2 is 2.11 bits per heavy atom. The van der Waals surface area contributed by atoms with Crippen molar-refractivity contribution in [1.82, 2.24) is 25.0 Å². The Hall–Kier alpha value is -2.77. The van der Waals surface area contributed by atoms with E-state index in [4.69, 9.17) is 4.74 Å². The maximum Gasteiger partial charge on any atom is 0.317 e. The van der Waals surface area contributed by atoms with Gasteiger partial charge in [0.15, 0.2) is 5.82 Å². The van der Waals surface area contributed by atoms with Crippen LogP contribution in [0.3, 0.4) is 0 Å². The monoisotopic (exact) mass is 370 g/mol.